The smallest absolute Gasteiger partial charge is 0.287 e. The van der Waals surface area contributed by atoms with Gasteiger partial charge in [-0.25, -0.2) is 0 Å². The Morgan fingerprint density at radius 2 is 2.00 bits per heavy atom. The SMILES string of the molecule is C1CCC2=[N+](CC1)CCCN2.O=CO[O-]. The Bertz CT molecular complexity index is 211. The predicted molar refractivity (Wildman–Crippen MR) is 53.2 cm³/mol. The van der Waals surface area contributed by atoms with Crippen molar-refractivity contribution in [1.82, 2.24) is 5.32 Å². The summed E-state index contributed by atoms with van der Waals surface area (Å²) in [5.74, 6) is 1.52. The van der Waals surface area contributed by atoms with Gasteiger partial charge in [-0.05, 0) is 19.3 Å². The van der Waals surface area contributed by atoms with Crippen molar-refractivity contribution in [1.29, 1.82) is 0 Å². The van der Waals surface area contributed by atoms with Gasteiger partial charge in [-0.3, -0.25) is 14.7 Å². The van der Waals surface area contributed by atoms with Crippen LogP contribution >= 0.6 is 0 Å². The number of carbonyl (C=O) groups excluding carboxylic acids is 1. The van der Waals surface area contributed by atoms with Crippen molar-refractivity contribution in [3.63, 3.8) is 0 Å². The lowest BCUT2D eigenvalue weighted by molar-refractivity contribution is -0.652. The maximum atomic E-state index is 8.64. The van der Waals surface area contributed by atoms with Crippen molar-refractivity contribution in [3.05, 3.63) is 0 Å². The fraction of sp³-hybridized carbons (Fsp3) is 0.800. The van der Waals surface area contributed by atoms with E-state index in [1.54, 1.807) is 0 Å². The molecule has 0 aromatic heterocycles. The van der Waals surface area contributed by atoms with Crippen molar-refractivity contribution in [2.24, 2.45) is 0 Å². The number of hydrogen-bond acceptors (Lipinski definition) is 4. The molecule has 15 heavy (non-hydrogen) atoms. The van der Waals surface area contributed by atoms with E-state index in [1.165, 1.54) is 57.6 Å². The van der Waals surface area contributed by atoms with Gasteiger partial charge in [0.2, 0.25) is 5.84 Å². The molecule has 0 spiro atoms. The minimum atomic E-state index is -0.181. The molecule has 86 valence electrons. The second-order valence-corrected chi connectivity index (χ2v) is 3.72. The molecule has 0 fully saturated rings. The third-order valence-electron chi connectivity index (χ3n) is 2.70. The predicted octanol–water partition coefficient (Wildman–Crippen LogP) is -0.601. The molecular weight excluding hydrogens is 196 g/mol. The summed E-state index contributed by atoms with van der Waals surface area (Å²) in [7, 11) is 0. The number of rotatable bonds is 1. The number of amidine groups is 1. The molecule has 0 radical (unpaired) electrons. The molecule has 0 saturated carbocycles. The molecule has 0 bridgehead atoms. The summed E-state index contributed by atoms with van der Waals surface area (Å²) in [6, 6.07) is 0. The Balaban J connectivity index is 0.000000245. The minimum absolute atomic E-state index is 0.181. The molecule has 0 saturated heterocycles. The molecule has 0 aromatic carbocycles. The van der Waals surface area contributed by atoms with Crippen molar-refractivity contribution in [2.45, 2.75) is 32.1 Å². The second-order valence-electron chi connectivity index (χ2n) is 3.72. The summed E-state index contributed by atoms with van der Waals surface area (Å²) in [6.07, 6.45) is 6.81. The zero-order valence-corrected chi connectivity index (χ0v) is 8.91. The normalized spacial score (nSPS) is 20.1. The summed E-state index contributed by atoms with van der Waals surface area (Å²) in [5.41, 5.74) is 0. The van der Waals surface area contributed by atoms with Crippen molar-refractivity contribution in [2.75, 3.05) is 19.6 Å². The molecule has 2 aliphatic rings. The highest BCUT2D eigenvalue weighted by Crippen LogP contribution is 2.08. The average Bonchev–Trinajstić information content (AvgIpc) is 2.54. The molecule has 5 heteroatoms. The first-order valence-corrected chi connectivity index (χ1v) is 5.45. The maximum Gasteiger partial charge on any atom is 0.287 e. The summed E-state index contributed by atoms with van der Waals surface area (Å²) in [6.45, 7) is 3.61. The lowest BCUT2D eigenvalue weighted by Gasteiger charge is -2.14. The number of hydrogen-bond donors (Lipinski definition) is 1. The molecule has 0 aromatic rings. The van der Waals surface area contributed by atoms with Gasteiger partial charge in [0.25, 0.3) is 6.47 Å². The molecular formula is C10H18N2O3. The summed E-state index contributed by atoms with van der Waals surface area (Å²) >= 11 is 0. The van der Waals surface area contributed by atoms with Gasteiger partial charge in [0, 0.05) is 12.8 Å². The van der Waals surface area contributed by atoms with E-state index in [-0.39, 0.29) is 6.47 Å². The second kappa shape index (κ2) is 7.23. The fourth-order valence-corrected chi connectivity index (χ4v) is 2.01. The van der Waals surface area contributed by atoms with E-state index in [0.29, 0.717) is 0 Å². The Morgan fingerprint density at radius 3 is 2.73 bits per heavy atom. The lowest BCUT2D eigenvalue weighted by Crippen LogP contribution is -2.40. The molecule has 0 aliphatic carbocycles. The van der Waals surface area contributed by atoms with Crippen LogP contribution in [0.4, 0.5) is 0 Å². The Hall–Kier alpha value is -1.10. The van der Waals surface area contributed by atoms with Crippen LogP contribution in [0.1, 0.15) is 32.1 Å². The Morgan fingerprint density at radius 1 is 1.27 bits per heavy atom. The third kappa shape index (κ3) is 4.29. The third-order valence-corrected chi connectivity index (χ3v) is 2.70. The lowest BCUT2D eigenvalue weighted by atomic mass is 10.2. The molecule has 0 amide bonds. The first-order valence-electron chi connectivity index (χ1n) is 5.45. The maximum absolute atomic E-state index is 8.64. The van der Waals surface area contributed by atoms with Crippen LogP contribution in [0.25, 0.3) is 0 Å². The van der Waals surface area contributed by atoms with Gasteiger partial charge in [0.05, 0.1) is 19.6 Å². The van der Waals surface area contributed by atoms with Gasteiger partial charge in [-0.15, -0.1) is 0 Å². The molecule has 2 rings (SSSR count). The monoisotopic (exact) mass is 214 g/mol. The van der Waals surface area contributed by atoms with Crippen LogP contribution in [0.2, 0.25) is 0 Å². The van der Waals surface area contributed by atoms with Crippen LogP contribution in [0, 0.1) is 0 Å². The van der Waals surface area contributed by atoms with E-state index >= 15 is 0 Å². The molecule has 1 N–H and O–H groups in total. The van der Waals surface area contributed by atoms with Gasteiger partial charge in [0.15, 0.2) is 0 Å². The van der Waals surface area contributed by atoms with Crippen molar-refractivity contribution >= 4 is 12.3 Å². The van der Waals surface area contributed by atoms with Crippen molar-refractivity contribution in [3.8, 4) is 0 Å². The highest BCUT2D eigenvalue weighted by Gasteiger charge is 2.19. The molecule has 5 nitrogen and oxygen atoms in total. The van der Waals surface area contributed by atoms with Gasteiger partial charge >= 0.3 is 0 Å². The summed E-state index contributed by atoms with van der Waals surface area (Å²) < 4.78 is 2.54. The van der Waals surface area contributed by atoms with Gasteiger partial charge in [-0.2, -0.15) is 0 Å². The van der Waals surface area contributed by atoms with E-state index in [9.17, 15) is 0 Å². The Kier molecular flexibility index (Phi) is 5.77. The van der Waals surface area contributed by atoms with Crippen LogP contribution in [0.3, 0.4) is 0 Å². The van der Waals surface area contributed by atoms with Crippen LogP contribution in [-0.2, 0) is 9.68 Å². The number of carbonyl (C=O) groups is 1. The zero-order chi connectivity index (χ0) is 10.9. The first-order chi connectivity index (χ1) is 7.38. The van der Waals surface area contributed by atoms with Crippen LogP contribution in [-0.4, -0.2) is 36.5 Å². The quantitative estimate of drug-likeness (QED) is 0.274. The number of nitrogens with zero attached hydrogens (tertiary/aromatic N) is 1. The first kappa shape index (κ1) is 12.0. The number of nitrogens with one attached hydrogen (secondary N) is 1. The Labute approximate surface area is 89.7 Å². The average molecular weight is 214 g/mol. The molecule has 2 heterocycles. The zero-order valence-electron chi connectivity index (χ0n) is 8.91. The van der Waals surface area contributed by atoms with E-state index in [2.05, 4.69) is 14.8 Å². The van der Waals surface area contributed by atoms with E-state index < -0.39 is 0 Å². The van der Waals surface area contributed by atoms with Crippen LogP contribution < -0.4 is 10.6 Å². The molecule has 0 atom stereocenters. The highest BCUT2D eigenvalue weighted by atomic mass is 17.1. The summed E-state index contributed by atoms with van der Waals surface area (Å²) in [4.78, 5) is 11.2. The topological polar surface area (TPSA) is 64.4 Å². The van der Waals surface area contributed by atoms with Crippen molar-refractivity contribution < 1.29 is 19.5 Å². The minimum Gasteiger partial charge on any atom is -0.662 e. The van der Waals surface area contributed by atoms with E-state index in [4.69, 9.17) is 10.1 Å². The van der Waals surface area contributed by atoms with E-state index in [1.807, 2.05) is 0 Å². The van der Waals surface area contributed by atoms with E-state index in [0.717, 1.165) is 0 Å². The van der Waals surface area contributed by atoms with Gasteiger partial charge in [-0.1, -0.05) is 0 Å². The summed E-state index contributed by atoms with van der Waals surface area (Å²) in [5, 5.41) is 11.9. The van der Waals surface area contributed by atoms with Gasteiger partial charge < -0.3 is 10.1 Å². The highest BCUT2D eigenvalue weighted by molar-refractivity contribution is 5.77. The molecule has 0 unspecified atom stereocenters. The fourth-order valence-electron chi connectivity index (χ4n) is 2.01. The van der Waals surface area contributed by atoms with Crippen LogP contribution in [0.15, 0.2) is 0 Å². The van der Waals surface area contributed by atoms with Gasteiger partial charge in [0.1, 0.15) is 0 Å². The van der Waals surface area contributed by atoms with Crippen LogP contribution in [0.5, 0.6) is 0 Å². The largest absolute Gasteiger partial charge is 0.662 e. The molecule has 2 aliphatic heterocycles. The standard InChI is InChI=1S/C9H16N2.CH2O3/c1-2-5-9-10-6-4-8-11(9)7-3-1;2-1-4-3/h1-8H2;1,3H.